The minimum absolute atomic E-state index is 0.0669. The van der Waals surface area contributed by atoms with Crippen LogP contribution in [-0.2, 0) is 47.6 Å². The van der Waals surface area contributed by atoms with E-state index in [1.54, 1.807) is 33.8 Å². The Morgan fingerprint density at radius 2 is 1.79 bits per heavy atom. The second-order valence-corrected chi connectivity index (χ2v) is 9.37. The van der Waals surface area contributed by atoms with E-state index in [9.17, 15) is 19.2 Å². The predicted octanol–water partition coefficient (Wildman–Crippen LogP) is 2.27. The SMILES string of the molecule is CC(=O)OCC1=CO[C@@H](OC(=O)C=C(C)C)[C@H]2C1=C[C@H](OC(=O)CC(C)(C)OC(C)=O)[C@]21CO1. The largest absolute Gasteiger partial charge is 0.461 e. The molecule has 34 heavy (non-hydrogen) atoms. The van der Waals surface area contributed by atoms with Crippen molar-refractivity contribution in [1.82, 2.24) is 0 Å². The Kier molecular flexibility index (Phi) is 7.21. The van der Waals surface area contributed by atoms with E-state index < -0.39 is 53.4 Å². The molecule has 1 fully saturated rings. The number of rotatable bonds is 8. The maximum Gasteiger partial charge on any atom is 0.333 e. The molecule has 0 N–H and O–H groups in total. The third kappa shape index (κ3) is 5.85. The van der Waals surface area contributed by atoms with Gasteiger partial charge in [0.15, 0.2) is 6.10 Å². The van der Waals surface area contributed by atoms with Crippen LogP contribution in [0.1, 0.15) is 48.0 Å². The molecule has 2 aliphatic heterocycles. The summed E-state index contributed by atoms with van der Waals surface area (Å²) in [6, 6.07) is 0. The topological polar surface area (TPSA) is 127 Å². The minimum Gasteiger partial charge on any atom is -0.461 e. The molecule has 2 heterocycles. The van der Waals surface area contributed by atoms with Crippen molar-refractivity contribution in [3.63, 3.8) is 0 Å². The number of carbonyl (C=O) groups excluding carboxylic acids is 4. The van der Waals surface area contributed by atoms with Crippen molar-refractivity contribution >= 4 is 23.9 Å². The van der Waals surface area contributed by atoms with Crippen molar-refractivity contribution in [3.8, 4) is 0 Å². The van der Waals surface area contributed by atoms with Gasteiger partial charge in [-0.1, -0.05) is 5.57 Å². The van der Waals surface area contributed by atoms with Crippen molar-refractivity contribution in [2.75, 3.05) is 13.2 Å². The fourth-order valence-electron chi connectivity index (χ4n) is 4.12. The minimum atomic E-state index is -1.05. The molecule has 0 aromatic rings. The highest BCUT2D eigenvalue weighted by Crippen LogP contribution is 2.54. The van der Waals surface area contributed by atoms with Crippen LogP contribution in [0.4, 0.5) is 0 Å². The first-order valence-electron chi connectivity index (χ1n) is 10.9. The van der Waals surface area contributed by atoms with Crippen molar-refractivity contribution in [1.29, 1.82) is 0 Å². The Morgan fingerprint density at radius 3 is 2.35 bits per heavy atom. The Bertz CT molecular complexity index is 962. The molecule has 186 valence electrons. The van der Waals surface area contributed by atoms with E-state index in [-0.39, 0.29) is 19.6 Å². The summed E-state index contributed by atoms with van der Waals surface area (Å²) in [5, 5.41) is 0. The molecule has 0 radical (unpaired) electrons. The van der Waals surface area contributed by atoms with E-state index in [1.807, 2.05) is 0 Å². The van der Waals surface area contributed by atoms with Crippen LogP contribution in [0.2, 0.25) is 0 Å². The Morgan fingerprint density at radius 1 is 1.12 bits per heavy atom. The van der Waals surface area contributed by atoms with E-state index in [2.05, 4.69) is 0 Å². The summed E-state index contributed by atoms with van der Waals surface area (Å²) in [6.07, 6.45) is 2.41. The van der Waals surface area contributed by atoms with Crippen LogP contribution in [0, 0.1) is 5.92 Å². The summed E-state index contributed by atoms with van der Waals surface area (Å²) < 4.78 is 33.0. The average molecular weight is 478 g/mol. The molecule has 1 saturated heterocycles. The first kappa shape index (κ1) is 25.5. The first-order valence-corrected chi connectivity index (χ1v) is 10.9. The molecule has 0 aromatic heterocycles. The molecule has 10 heteroatoms. The fourth-order valence-corrected chi connectivity index (χ4v) is 4.12. The van der Waals surface area contributed by atoms with Gasteiger partial charge in [-0.3, -0.25) is 14.4 Å². The van der Waals surface area contributed by atoms with E-state index in [4.69, 9.17) is 28.4 Å². The van der Waals surface area contributed by atoms with Crippen molar-refractivity contribution in [2.24, 2.45) is 5.92 Å². The summed E-state index contributed by atoms with van der Waals surface area (Å²) in [7, 11) is 0. The van der Waals surface area contributed by atoms with E-state index in [0.717, 1.165) is 5.57 Å². The quantitative estimate of drug-likeness (QED) is 0.222. The molecular weight excluding hydrogens is 448 g/mol. The maximum atomic E-state index is 12.7. The van der Waals surface area contributed by atoms with Crippen LogP contribution in [0.25, 0.3) is 0 Å². The fraction of sp³-hybridized carbons (Fsp3) is 0.583. The summed E-state index contributed by atoms with van der Waals surface area (Å²) in [5.74, 6) is -2.75. The number of carbonyl (C=O) groups is 4. The number of esters is 4. The molecule has 1 spiro atoms. The summed E-state index contributed by atoms with van der Waals surface area (Å²) in [4.78, 5) is 47.6. The van der Waals surface area contributed by atoms with Gasteiger partial charge in [-0.2, -0.15) is 0 Å². The van der Waals surface area contributed by atoms with Crippen LogP contribution in [0.15, 0.2) is 35.1 Å². The molecule has 0 unspecified atom stereocenters. The lowest BCUT2D eigenvalue weighted by atomic mass is 9.85. The van der Waals surface area contributed by atoms with Gasteiger partial charge in [-0.15, -0.1) is 0 Å². The van der Waals surface area contributed by atoms with Crippen LogP contribution in [0.5, 0.6) is 0 Å². The third-order valence-electron chi connectivity index (χ3n) is 5.46. The van der Waals surface area contributed by atoms with Gasteiger partial charge in [0.25, 0.3) is 6.29 Å². The molecular formula is C24H30O10. The Labute approximate surface area is 197 Å². The zero-order chi connectivity index (χ0) is 25.3. The normalized spacial score (nSPS) is 26.8. The predicted molar refractivity (Wildman–Crippen MR) is 116 cm³/mol. The van der Waals surface area contributed by atoms with Crippen LogP contribution in [0.3, 0.4) is 0 Å². The molecule has 10 nitrogen and oxygen atoms in total. The number of fused-ring (bicyclic) bond motifs is 2. The lowest BCUT2D eigenvalue weighted by Gasteiger charge is -2.33. The molecule has 0 amide bonds. The van der Waals surface area contributed by atoms with Gasteiger partial charge in [-0.05, 0) is 39.3 Å². The van der Waals surface area contributed by atoms with Gasteiger partial charge in [0.05, 0.1) is 25.2 Å². The van der Waals surface area contributed by atoms with Gasteiger partial charge in [-0.25, -0.2) is 4.79 Å². The van der Waals surface area contributed by atoms with Crippen LogP contribution in [-0.4, -0.2) is 60.7 Å². The number of epoxide rings is 1. The molecule has 3 aliphatic rings. The Hall–Kier alpha value is -3.14. The van der Waals surface area contributed by atoms with Crippen molar-refractivity contribution in [3.05, 3.63) is 35.1 Å². The number of allylic oxidation sites excluding steroid dienone is 1. The lowest BCUT2D eigenvalue weighted by molar-refractivity contribution is -0.181. The number of ether oxygens (including phenoxy) is 6. The second-order valence-electron chi connectivity index (χ2n) is 9.37. The Balaban J connectivity index is 1.83. The monoisotopic (exact) mass is 478 g/mol. The maximum absolute atomic E-state index is 12.7. The summed E-state index contributed by atoms with van der Waals surface area (Å²) >= 11 is 0. The third-order valence-corrected chi connectivity index (χ3v) is 5.46. The smallest absolute Gasteiger partial charge is 0.333 e. The molecule has 1 aliphatic carbocycles. The highest BCUT2D eigenvalue weighted by Gasteiger charge is 2.68. The van der Waals surface area contributed by atoms with Gasteiger partial charge in [0.1, 0.15) is 17.8 Å². The average Bonchev–Trinajstić information content (AvgIpc) is 3.39. The van der Waals surface area contributed by atoms with Crippen LogP contribution < -0.4 is 0 Å². The lowest BCUT2D eigenvalue weighted by Crippen LogP contribution is -2.45. The van der Waals surface area contributed by atoms with Gasteiger partial charge < -0.3 is 28.4 Å². The molecule has 0 saturated carbocycles. The van der Waals surface area contributed by atoms with E-state index in [0.29, 0.717) is 11.1 Å². The number of hydrogen-bond donors (Lipinski definition) is 0. The van der Waals surface area contributed by atoms with Crippen LogP contribution >= 0.6 is 0 Å². The number of hydrogen-bond acceptors (Lipinski definition) is 10. The zero-order valence-electron chi connectivity index (χ0n) is 20.2. The van der Waals surface area contributed by atoms with Crippen molar-refractivity contribution in [2.45, 2.75) is 71.6 Å². The van der Waals surface area contributed by atoms with E-state index in [1.165, 1.54) is 26.2 Å². The van der Waals surface area contributed by atoms with Crippen molar-refractivity contribution < 1.29 is 47.6 Å². The van der Waals surface area contributed by atoms with Gasteiger partial charge >= 0.3 is 23.9 Å². The molecule has 3 rings (SSSR count). The molecule has 0 bridgehead atoms. The highest BCUT2D eigenvalue weighted by molar-refractivity contribution is 5.82. The first-order chi connectivity index (χ1) is 15.8. The second kappa shape index (κ2) is 9.61. The zero-order valence-corrected chi connectivity index (χ0v) is 20.2. The summed E-state index contributed by atoms with van der Waals surface area (Å²) in [6.45, 7) is 9.47. The highest BCUT2D eigenvalue weighted by atomic mass is 16.7. The van der Waals surface area contributed by atoms with Gasteiger partial charge in [0, 0.05) is 25.5 Å². The van der Waals surface area contributed by atoms with E-state index >= 15 is 0 Å². The molecule has 4 atom stereocenters. The molecule has 0 aromatic carbocycles. The standard InChI is InChI=1S/C24H30O10/c1-13(2)7-19(27)33-22-21-17(16(11-30-22)10-29-14(3)25)8-18(24(21)12-31-24)32-20(28)9-23(5,6)34-15(4)26/h7-8,11,18,21-22H,9-10,12H2,1-6H3/t18-,21+,22-,24+/m0/s1. The summed E-state index contributed by atoms with van der Waals surface area (Å²) in [5.41, 5.74) is -0.0817. The van der Waals surface area contributed by atoms with Gasteiger partial charge in [0.2, 0.25) is 0 Å².